The Balaban J connectivity index is 1.64. The first-order valence-electron chi connectivity index (χ1n) is 8.14. The molecule has 0 saturated carbocycles. The Bertz CT molecular complexity index is 1110. The number of esters is 1. The number of furan rings is 1. The minimum absolute atomic E-state index is 0.176. The van der Waals surface area contributed by atoms with Gasteiger partial charge in [0.2, 0.25) is 5.90 Å². The SMILES string of the molecule is Cc1cccc(C2=N/C(=C/c3ccc(-c4ccc(Cl)cc4Cl)o3)C(=O)O2)c1. The van der Waals surface area contributed by atoms with Gasteiger partial charge in [0.15, 0.2) is 5.70 Å². The highest BCUT2D eigenvalue weighted by atomic mass is 35.5. The molecule has 0 N–H and O–H groups in total. The first-order chi connectivity index (χ1) is 13.0. The van der Waals surface area contributed by atoms with Crippen molar-refractivity contribution in [3.8, 4) is 11.3 Å². The van der Waals surface area contributed by atoms with Crippen molar-refractivity contribution in [3.05, 3.63) is 87.2 Å². The summed E-state index contributed by atoms with van der Waals surface area (Å²) in [4.78, 5) is 16.4. The van der Waals surface area contributed by atoms with Crippen molar-refractivity contribution in [1.82, 2.24) is 0 Å². The minimum Gasteiger partial charge on any atom is -0.457 e. The Morgan fingerprint density at radius 1 is 1.04 bits per heavy atom. The van der Waals surface area contributed by atoms with Crippen molar-refractivity contribution in [2.45, 2.75) is 6.92 Å². The lowest BCUT2D eigenvalue weighted by Crippen LogP contribution is -2.05. The van der Waals surface area contributed by atoms with Crippen LogP contribution in [-0.4, -0.2) is 11.9 Å². The van der Waals surface area contributed by atoms with Crippen molar-refractivity contribution in [1.29, 1.82) is 0 Å². The van der Waals surface area contributed by atoms with Gasteiger partial charge in [-0.2, -0.15) is 0 Å². The summed E-state index contributed by atoms with van der Waals surface area (Å²) in [5.41, 5.74) is 2.69. The van der Waals surface area contributed by atoms with E-state index >= 15 is 0 Å². The molecule has 0 atom stereocenters. The van der Waals surface area contributed by atoms with Gasteiger partial charge >= 0.3 is 5.97 Å². The van der Waals surface area contributed by atoms with E-state index in [0.717, 1.165) is 11.1 Å². The lowest BCUT2D eigenvalue weighted by atomic mass is 10.1. The monoisotopic (exact) mass is 397 g/mol. The number of aryl methyl sites for hydroxylation is 1. The molecule has 0 aliphatic carbocycles. The van der Waals surface area contributed by atoms with Crippen LogP contribution in [0.3, 0.4) is 0 Å². The Kier molecular flexibility index (Phi) is 4.60. The van der Waals surface area contributed by atoms with Gasteiger partial charge in [0.05, 0.1) is 5.02 Å². The number of cyclic esters (lactones) is 1. The average Bonchev–Trinajstić information content (AvgIpc) is 3.23. The highest BCUT2D eigenvalue weighted by Gasteiger charge is 2.24. The highest BCUT2D eigenvalue weighted by molar-refractivity contribution is 6.36. The van der Waals surface area contributed by atoms with Gasteiger partial charge in [0.25, 0.3) is 0 Å². The molecule has 2 heterocycles. The Labute approximate surface area is 165 Å². The van der Waals surface area contributed by atoms with E-state index in [4.69, 9.17) is 32.4 Å². The first-order valence-corrected chi connectivity index (χ1v) is 8.90. The lowest BCUT2D eigenvalue weighted by molar-refractivity contribution is -0.129. The second-order valence-electron chi connectivity index (χ2n) is 6.03. The normalized spacial score (nSPS) is 15.1. The number of benzene rings is 2. The van der Waals surface area contributed by atoms with Gasteiger partial charge in [-0.3, -0.25) is 0 Å². The molecule has 134 valence electrons. The zero-order valence-electron chi connectivity index (χ0n) is 14.2. The molecular formula is C21H13Cl2NO3. The zero-order valence-corrected chi connectivity index (χ0v) is 15.7. The summed E-state index contributed by atoms with van der Waals surface area (Å²) in [5, 5.41) is 1.03. The average molecular weight is 398 g/mol. The molecular weight excluding hydrogens is 385 g/mol. The topological polar surface area (TPSA) is 51.8 Å². The Hall–Kier alpha value is -2.82. The first kappa shape index (κ1) is 17.6. The number of aliphatic imine (C=N–C) groups is 1. The summed E-state index contributed by atoms with van der Waals surface area (Å²) in [7, 11) is 0. The molecule has 0 unspecified atom stereocenters. The van der Waals surface area contributed by atoms with Gasteiger partial charge in [-0.25, -0.2) is 9.79 Å². The number of halogens is 2. The van der Waals surface area contributed by atoms with E-state index in [0.29, 0.717) is 27.1 Å². The number of ether oxygens (including phenoxy) is 1. The highest BCUT2D eigenvalue weighted by Crippen LogP contribution is 2.32. The Morgan fingerprint density at radius 2 is 1.89 bits per heavy atom. The smallest absolute Gasteiger partial charge is 0.363 e. The fourth-order valence-electron chi connectivity index (χ4n) is 2.71. The number of carbonyl (C=O) groups excluding carboxylic acids is 1. The lowest BCUT2D eigenvalue weighted by Gasteiger charge is -2.00. The van der Waals surface area contributed by atoms with Crippen LogP contribution in [0.5, 0.6) is 0 Å². The molecule has 0 saturated heterocycles. The van der Waals surface area contributed by atoms with Crippen molar-refractivity contribution in [3.63, 3.8) is 0 Å². The molecule has 0 fully saturated rings. The van der Waals surface area contributed by atoms with E-state index in [2.05, 4.69) is 4.99 Å². The maximum absolute atomic E-state index is 12.1. The van der Waals surface area contributed by atoms with Crippen LogP contribution in [0.2, 0.25) is 10.0 Å². The third kappa shape index (κ3) is 3.68. The van der Waals surface area contributed by atoms with Crippen molar-refractivity contribution >= 4 is 41.1 Å². The zero-order chi connectivity index (χ0) is 19.0. The molecule has 4 rings (SSSR count). The van der Waals surface area contributed by atoms with E-state index in [1.165, 1.54) is 0 Å². The fraction of sp³-hybridized carbons (Fsp3) is 0.0476. The van der Waals surface area contributed by atoms with Crippen LogP contribution in [0.15, 0.2) is 69.7 Å². The van der Waals surface area contributed by atoms with Gasteiger partial charge in [-0.05, 0) is 49.4 Å². The second kappa shape index (κ2) is 7.06. The van der Waals surface area contributed by atoms with Crippen molar-refractivity contribution in [2.75, 3.05) is 0 Å². The van der Waals surface area contributed by atoms with Crippen LogP contribution in [-0.2, 0) is 9.53 Å². The molecule has 0 radical (unpaired) electrons. The van der Waals surface area contributed by atoms with Crippen molar-refractivity contribution in [2.24, 2.45) is 4.99 Å². The van der Waals surface area contributed by atoms with Gasteiger partial charge in [0, 0.05) is 22.2 Å². The van der Waals surface area contributed by atoms with E-state index in [-0.39, 0.29) is 11.6 Å². The molecule has 4 nitrogen and oxygen atoms in total. The van der Waals surface area contributed by atoms with Gasteiger partial charge in [-0.15, -0.1) is 0 Å². The van der Waals surface area contributed by atoms with E-state index in [1.54, 1.807) is 36.4 Å². The van der Waals surface area contributed by atoms with E-state index in [9.17, 15) is 4.79 Å². The van der Waals surface area contributed by atoms with Crippen LogP contribution < -0.4 is 0 Å². The molecule has 27 heavy (non-hydrogen) atoms. The number of hydrogen-bond acceptors (Lipinski definition) is 4. The van der Waals surface area contributed by atoms with E-state index in [1.807, 2.05) is 31.2 Å². The maximum Gasteiger partial charge on any atom is 0.363 e. The molecule has 0 amide bonds. The number of hydrogen-bond donors (Lipinski definition) is 0. The van der Waals surface area contributed by atoms with Crippen LogP contribution in [0.4, 0.5) is 0 Å². The molecule has 0 bridgehead atoms. The predicted molar refractivity (Wildman–Crippen MR) is 106 cm³/mol. The summed E-state index contributed by atoms with van der Waals surface area (Å²) in [6.07, 6.45) is 1.54. The van der Waals surface area contributed by atoms with Gasteiger partial charge in [-0.1, -0.05) is 40.9 Å². The van der Waals surface area contributed by atoms with Crippen LogP contribution >= 0.6 is 23.2 Å². The largest absolute Gasteiger partial charge is 0.457 e. The Morgan fingerprint density at radius 3 is 2.67 bits per heavy atom. The molecule has 2 aromatic carbocycles. The molecule has 1 aliphatic rings. The third-order valence-electron chi connectivity index (χ3n) is 3.99. The molecule has 6 heteroatoms. The molecule has 1 aliphatic heterocycles. The minimum atomic E-state index is -0.519. The summed E-state index contributed by atoms with van der Waals surface area (Å²) in [6, 6.07) is 16.3. The number of rotatable bonds is 3. The van der Waals surface area contributed by atoms with Crippen molar-refractivity contribution < 1.29 is 13.9 Å². The summed E-state index contributed by atoms with van der Waals surface area (Å²) in [5.74, 6) is 0.798. The fourth-order valence-corrected chi connectivity index (χ4v) is 3.21. The predicted octanol–water partition coefficient (Wildman–Crippen LogP) is 5.91. The summed E-state index contributed by atoms with van der Waals surface area (Å²) < 4.78 is 11.1. The van der Waals surface area contributed by atoms with E-state index < -0.39 is 5.97 Å². The van der Waals surface area contributed by atoms with Crippen LogP contribution in [0.25, 0.3) is 17.4 Å². The van der Waals surface area contributed by atoms with Crippen LogP contribution in [0, 0.1) is 6.92 Å². The quantitative estimate of drug-likeness (QED) is 0.407. The summed E-state index contributed by atoms with van der Waals surface area (Å²) in [6.45, 7) is 1.96. The molecule has 1 aromatic heterocycles. The number of nitrogens with zero attached hydrogens (tertiary/aromatic N) is 1. The standard InChI is InChI=1S/C21H13Cl2NO3/c1-12-3-2-4-13(9-12)20-24-18(21(25)27-20)11-15-6-8-19(26-15)16-7-5-14(22)10-17(16)23/h2-11H,1H3/b18-11+. The number of carbonyl (C=O) groups is 1. The van der Waals surface area contributed by atoms with Crippen LogP contribution in [0.1, 0.15) is 16.9 Å². The molecule has 3 aromatic rings. The molecule has 0 spiro atoms. The summed E-state index contributed by atoms with van der Waals surface area (Å²) >= 11 is 12.1. The maximum atomic E-state index is 12.1. The van der Waals surface area contributed by atoms with Gasteiger partial charge in [0.1, 0.15) is 11.5 Å². The second-order valence-corrected chi connectivity index (χ2v) is 6.88. The third-order valence-corrected chi connectivity index (χ3v) is 4.54. The van der Waals surface area contributed by atoms with Gasteiger partial charge < -0.3 is 9.15 Å².